The van der Waals surface area contributed by atoms with E-state index in [1.807, 2.05) is 66.7 Å². The third-order valence-corrected chi connectivity index (χ3v) is 7.43. The van der Waals surface area contributed by atoms with Crippen molar-refractivity contribution in [3.8, 4) is 5.75 Å². The van der Waals surface area contributed by atoms with Crippen molar-refractivity contribution in [1.29, 1.82) is 0 Å². The van der Waals surface area contributed by atoms with E-state index in [1.165, 1.54) is 0 Å². The molecule has 0 radical (unpaired) electrons. The molecule has 0 aliphatic carbocycles. The fraction of sp³-hybridized carbons (Fsp3) is 0.320. The Bertz CT molecular complexity index is 1170. The van der Waals surface area contributed by atoms with Crippen LogP contribution in [0.2, 0.25) is 0 Å². The molecule has 162 valence electrons. The molecule has 0 saturated carbocycles. The minimum Gasteiger partial charge on any atom is -0.494 e. The zero-order valence-corrected chi connectivity index (χ0v) is 18.5. The van der Waals surface area contributed by atoms with Crippen molar-refractivity contribution >= 4 is 26.5 Å². The summed E-state index contributed by atoms with van der Waals surface area (Å²) in [6, 6.07) is 20.8. The Labute approximate surface area is 183 Å². The van der Waals surface area contributed by atoms with Gasteiger partial charge in [0, 0.05) is 18.2 Å². The van der Waals surface area contributed by atoms with Gasteiger partial charge in [-0.1, -0.05) is 55.5 Å². The Kier molecular flexibility index (Phi) is 6.28. The minimum absolute atomic E-state index is 0.0151. The van der Waals surface area contributed by atoms with E-state index in [9.17, 15) is 13.2 Å². The summed E-state index contributed by atoms with van der Waals surface area (Å²) >= 11 is 0. The van der Waals surface area contributed by atoms with Crippen LogP contribution in [0.4, 0.5) is 0 Å². The number of nitrogens with zero attached hydrogens (tertiary/aromatic N) is 1. The Morgan fingerprint density at radius 3 is 2.48 bits per heavy atom. The van der Waals surface area contributed by atoms with Crippen LogP contribution in [0.1, 0.15) is 35.7 Å². The van der Waals surface area contributed by atoms with E-state index in [4.69, 9.17) is 4.74 Å². The molecule has 1 aliphatic heterocycles. The van der Waals surface area contributed by atoms with E-state index >= 15 is 0 Å². The molecule has 1 saturated heterocycles. The Morgan fingerprint density at radius 2 is 1.77 bits per heavy atom. The summed E-state index contributed by atoms with van der Waals surface area (Å²) in [4.78, 5) is 15.4. The molecule has 1 amide bonds. The number of sulfone groups is 1. The van der Waals surface area contributed by atoms with Gasteiger partial charge in [0.25, 0.3) is 5.91 Å². The third-order valence-electron chi connectivity index (χ3n) is 5.68. The van der Waals surface area contributed by atoms with Gasteiger partial charge in [-0.3, -0.25) is 4.79 Å². The van der Waals surface area contributed by atoms with E-state index in [2.05, 4.69) is 6.92 Å². The largest absolute Gasteiger partial charge is 0.494 e. The number of carbonyl (C=O) groups is 1. The predicted octanol–water partition coefficient (Wildman–Crippen LogP) is 4.46. The lowest BCUT2D eigenvalue weighted by atomic mass is 10.0. The van der Waals surface area contributed by atoms with Crippen LogP contribution >= 0.6 is 0 Å². The van der Waals surface area contributed by atoms with Gasteiger partial charge in [-0.05, 0) is 47.4 Å². The molecular formula is C25H27NO4S. The van der Waals surface area contributed by atoms with Crippen molar-refractivity contribution < 1.29 is 17.9 Å². The van der Waals surface area contributed by atoms with Gasteiger partial charge in [-0.2, -0.15) is 0 Å². The lowest BCUT2D eigenvalue weighted by Crippen LogP contribution is -2.40. The molecular weight excluding hydrogens is 410 g/mol. The highest BCUT2D eigenvalue weighted by molar-refractivity contribution is 7.91. The van der Waals surface area contributed by atoms with E-state index in [-0.39, 0.29) is 23.5 Å². The molecule has 3 aromatic carbocycles. The Balaban J connectivity index is 1.65. The van der Waals surface area contributed by atoms with Crippen molar-refractivity contribution in [2.75, 3.05) is 18.1 Å². The first-order valence-corrected chi connectivity index (χ1v) is 12.5. The molecule has 4 rings (SSSR count). The van der Waals surface area contributed by atoms with Crippen molar-refractivity contribution in [2.45, 2.75) is 32.4 Å². The maximum atomic E-state index is 13.7. The quantitative estimate of drug-likeness (QED) is 0.548. The van der Waals surface area contributed by atoms with Crippen LogP contribution in [0.25, 0.3) is 10.8 Å². The second-order valence-electron chi connectivity index (χ2n) is 8.01. The zero-order valence-electron chi connectivity index (χ0n) is 17.7. The fourth-order valence-electron chi connectivity index (χ4n) is 4.06. The van der Waals surface area contributed by atoms with E-state index in [0.717, 1.165) is 28.5 Å². The zero-order chi connectivity index (χ0) is 21.8. The molecule has 0 bridgehead atoms. The first kappa shape index (κ1) is 21.4. The summed E-state index contributed by atoms with van der Waals surface area (Å²) in [5.41, 5.74) is 1.55. The molecule has 1 unspecified atom stereocenters. The van der Waals surface area contributed by atoms with E-state index in [1.54, 1.807) is 4.90 Å². The highest BCUT2D eigenvalue weighted by atomic mass is 32.2. The number of rotatable bonds is 7. The molecule has 0 aromatic heterocycles. The van der Waals surface area contributed by atoms with Gasteiger partial charge in [-0.15, -0.1) is 0 Å². The third kappa shape index (κ3) is 4.90. The summed E-state index contributed by atoms with van der Waals surface area (Å²) in [6.07, 6.45) is 1.40. The summed E-state index contributed by atoms with van der Waals surface area (Å²) in [7, 11) is -3.12. The van der Waals surface area contributed by atoms with Crippen LogP contribution in [0.5, 0.6) is 5.75 Å². The van der Waals surface area contributed by atoms with Crippen molar-refractivity contribution in [1.82, 2.24) is 4.90 Å². The van der Waals surface area contributed by atoms with Gasteiger partial charge in [-0.25, -0.2) is 8.42 Å². The Hall–Kier alpha value is -2.86. The lowest BCUT2D eigenvalue weighted by Gasteiger charge is -2.29. The predicted molar refractivity (Wildman–Crippen MR) is 123 cm³/mol. The van der Waals surface area contributed by atoms with Gasteiger partial charge < -0.3 is 9.64 Å². The fourth-order valence-corrected chi connectivity index (χ4v) is 5.79. The van der Waals surface area contributed by atoms with Gasteiger partial charge in [0.15, 0.2) is 9.84 Å². The molecule has 0 spiro atoms. The maximum Gasteiger partial charge on any atom is 0.255 e. The van der Waals surface area contributed by atoms with Gasteiger partial charge in [0.2, 0.25) is 0 Å². The molecule has 1 heterocycles. The van der Waals surface area contributed by atoms with Crippen LogP contribution in [0, 0.1) is 0 Å². The van der Waals surface area contributed by atoms with Crippen molar-refractivity contribution in [3.05, 3.63) is 77.9 Å². The molecule has 1 fully saturated rings. The second-order valence-corrected chi connectivity index (χ2v) is 10.2. The maximum absolute atomic E-state index is 13.7. The average Bonchev–Trinajstić information content (AvgIpc) is 3.15. The lowest BCUT2D eigenvalue weighted by molar-refractivity contribution is 0.0683. The topological polar surface area (TPSA) is 63.7 Å². The van der Waals surface area contributed by atoms with Crippen LogP contribution in [-0.4, -0.2) is 43.4 Å². The first-order valence-electron chi connectivity index (χ1n) is 10.7. The monoisotopic (exact) mass is 437 g/mol. The summed E-state index contributed by atoms with van der Waals surface area (Å²) < 4.78 is 30.0. The Morgan fingerprint density at radius 1 is 1.03 bits per heavy atom. The molecule has 1 aliphatic rings. The SMILES string of the molecule is CCCOc1ccc(CN(C(=O)c2cccc3ccccc23)C2CCS(=O)(=O)C2)cc1. The summed E-state index contributed by atoms with van der Waals surface area (Å²) in [6.45, 7) is 3.07. The van der Waals surface area contributed by atoms with Crippen LogP contribution in [0.15, 0.2) is 66.7 Å². The highest BCUT2D eigenvalue weighted by Gasteiger charge is 2.35. The first-order chi connectivity index (χ1) is 15.0. The minimum atomic E-state index is -3.12. The van der Waals surface area contributed by atoms with Gasteiger partial charge >= 0.3 is 0 Å². The number of carbonyl (C=O) groups excluding carboxylic acids is 1. The normalized spacial score (nSPS) is 17.5. The standard InChI is InChI=1S/C25H27NO4S/c1-2-15-30-22-12-10-19(11-13-22)17-26(21-14-16-31(28,29)18-21)25(27)24-9-5-7-20-6-3-4-8-23(20)24/h3-13,21H,2,14-18H2,1H3. The summed E-state index contributed by atoms with van der Waals surface area (Å²) in [5, 5.41) is 1.87. The number of amides is 1. The van der Waals surface area contributed by atoms with Crippen molar-refractivity contribution in [3.63, 3.8) is 0 Å². The van der Waals surface area contributed by atoms with Crippen molar-refractivity contribution in [2.24, 2.45) is 0 Å². The molecule has 31 heavy (non-hydrogen) atoms. The van der Waals surface area contributed by atoms with Crippen LogP contribution in [-0.2, 0) is 16.4 Å². The molecule has 6 heteroatoms. The summed E-state index contributed by atoms with van der Waals surface area (Å²) in [5.74, 6) is 0.799. The second kappa shape index (κ2) is 9.10. The number of fused-ring (bicyclic) bond motifs is 1. The van der Waals surface area contributed by atoms with Gasteiger partial charge in [0.1, 0.15) is 5.75 Å². The molecule has 3 aromatic rings. The smallest absolute Gasteiger partial charge is 0.255 e. The van der Waals surface area contributed by atoms with E-state index < -0.39 is 9.84 Å². The molecule has 5 nitrogen and oxygen atoms in total. The number of ether oxygens (including phenoxy) is 1. The highest BCUT2D eigenvalue weighted by Crippen LogP contribution is 2.26. The average molecular weight is 438 g/mol. The number of benzene rings is 3. The van der Waals surface area contributed by atoms with Crippen LogP contribution in [0.3, 0.4) is 0 Å². The van der Waals surface area contributed by atoms with E-state index in [0.29, 0.717) is 25.1 Å². The number of hydrogen-bond acceptors (Lipinski definition) is 4. The van der Waals surface area contributed by atoms with Crippen LogP contribution < -0.4 is 4.74 Å². The molecule has 0 N–H and O–H groups in total. The van der Waals surface area contributed by atoms with Gasteiger partial charge in [0.05, 0.1) is 18.1 Å². The molecule has 1 atom stereocenters. The number of hydrogen-bond donors (Lipinski definition) is 0.